The topological polar surface area (TPSA) is 67.9 Å². The molecule has 1 heterocycles. The van der Waals surface area contributed by atoms with Crippen molar-refractivity contribution >= 4 is 74.5 Å². The molecule has 3 rings (SSSR count). The molecule has 1 saturated heterocycles. The lowest BCUT2D eigenvalue weighted by molar-refractivity contribution is -0.123. The van der Waals surface area contributed by atoms with Gasteiger partial charge in [0, 0.05) is 11.7 Å². The van der Waals surface area contributed by atoms with E-state index >= 15 is 0 Å². The Bertz CT molecular complexity index is 1100. The van der Waals surface area contributed by atoms with Crippen LogP contribution in [0.15, 0.2) is 41.3 Å². The summed E-state index contributed by atoms with van der Waals surface area (Å²) in [5.74, 6) is 0.581. The highest BCUT2D eigenvalue weighted by Gasteiger charge is 2.33. The van der Waals surface area contributed by atoms with E-state index in [0.29, 0.717) is 26.4 Å². The Kier molecular flexibility index (Phi) is 8.18. The van der Waals surface area contributed by atoms with E-state index in [0.717, 1.165) is 14.7 Å². The first kappa shape index (κ1) is 24.5. The number of halogens is 1. The van der Waals surface area contributed by atoms with Gasteiger partial charge >= 0.3 is 0 Å². The number of methoxy groups -OCH3 is 1. The number of benzene rings is 2. The monoisotopic (exact) mass is 582 g/mol. The highest BCUT2D eigenvalue weighted by Crippen LogP contribution is 2.37. The zero-order chi connectivity index (χ0) is 23.4. The first-order valence-electron chi connectivity index (χ1n) is 9.83. The molecule has 168 valence electrons. The molecule has 1 N–H and O–H groups in total. The standard InChI is InChI=1S/C23H23IN2O4S2/c1-13(2)26-22(28)19(32-23(26)31)11-15-9-17(24)21(18(10-15)29-4)30-12-20(27)25-16-7-5-6-14(3)8-16/h5-11,13H,12H2,1-4H3,(H,25,27)/b19-11-. The number of rotatable bonds is 7. The summed E-state index contributed by atoms with van der Waals surface area (Å²) in [7, 11) is 1.53. The number of ether oxygens (including phenoxy) is 2. The van der Waals surface area contributed by atoms with Gasteiger partial charge in [-0.1, -0.05) is 36.1 Å². The summed E-state index contributed by atoms with van der Waals surface area (Å²) in [6.07, 6.45) is 1.79. The normalized spacial score (nSPS) is 14.9. The minimum atomic E-state index is -0.269. The second-order valence-corrected chi connectivity index (χ2v) is 10.2. The van der Waals surface area contributed by atoms with Crippen LogP contribution in [0, 0.1) is 10.5 Å². The van der Waals surface area contributed by atoms with Crippen LogP contribution in [0.5, 0.6) is 11.5 Å². The average Bonchev–Trinajstić information content (AvgIpc) is 2.99. The van der Waals surface area contributed by atoms with Crippen LogP contribution in [-0.2, 0) is 9.59 Å². The van der Waals surface area contributed by atoms with Gasteiger partial charge in [0.2, 0.25) is 0 Å². The van der Waals surface area contributed by atoms with E-state index in [1.54, 1.807) is 17.0 Å². The van der Waals surface area contributed by atoms with Crippen molar-refractivity contribution in [1.82, 2.24) is 4.90 Å². The molecule has 0 saturated carbocycles. The van der Waals surface area contributed by atoms with E-state index in [2.05, 4.69) is 27.9 Å². The van der Waals surface area contributed by atoms with Gasteiger partial charge in [0.05, 0.1) is 15.6 Å². The molecule has 1 aliphatic heterocycles. The highest BCUT2D eigenvalue weighted by molar-refractivity contribution is 14.1. The summed E-state index contributed by atoms with van der Waals surface area (Å²) in [6.45, 7) is 5.66. The number of thiocarbonyl (C=S) groups is 1. The zero-order valence-corrected chi connectivity index (χ0v) is 21.9. The third-order valence-corrected chi connectivity index (χ3v) is 6.67. The van der Waals surface area contributed by atoms with Crippen molar-refractivity contribution in [2.45, 2.75) is 26.8 Å². The SMILES string of the molecule is COc1cc(/C=C2\SC(=S)N(C(C)C)C2=O)cc(I)c1OCC(=O)Nc1cccc(C)c1. The molecule has 1 fully saturated rings. The number of carbonyl (C=O) groups excluding carboxylic acids is 2. The Labute approximate surface area is 210 Å². The van der Waals surface area contributed by atoms with Crippen LogP contribution in [-0.4, -0.2) is 40.8 Å². The number of carbonyl (C=O) groups is 2. The Balaban J connectivity index is 1.75. The van der Waals surface area contributed by atoms with Crippen LogP contribution in [0.3, 0.4) is 0 Å². The van der Waals surface area contributed by atoms with Crippen LogP contribution in [0.2, 0.25) is 0 Å². The van der Waals surface area contributed by atoms with Crippen LogP contribution in [0.1, 0.15) is 25.0 Å². The maximum atomic E-state index is 12.7. The van der Waals surface area contributed by atoms with Crippen molar-refractivity contribution in [2.24, 2.45) is 0 Å². The number of thioether (sulfide) groups is 1. The van der Waals surface area contributed by atoms with Crippen molar-refractivity contribution in [3.8, 4) is 11.5 Å². The summed E-state index contributed by atoms with van der Waals surface area (Å²) in [5.41, 5.74) is 2.56. The summed E-state index contributed by atoms with van der Waals surface area (Å²) < 4.78 is 12.6. The fourth-order valence-electron chi connectivity index (χ4n) is 3.10. The lowest BCUT2D eigenvalue weighted by atomic mass is 10.1. The van der Waals surface area contributed by atoms with Crippen LogP contribution >= 0.6 is 46.6 Å². The molecule has 2 amide bonds. The molecule has 0 spiro atoms. The number of hydrogen-bond donors (Lipinski definition) is 1. The molecule has 2 aromatic carbocycles. The van der Waals surface area contributed by atoms with Crippen molar-refractivity contribution in [3.05, 3.63) is 56.0 Å². The van der Waals surface area contributed by atoms with Gasteiger partial charge in [-0.2, -0.15) is 0 Å². The van der Waals surface area contributed by atoms with E-state index in [1.807, 2.05) is 51.1 Å². The van der Waals surface area contributed by atoms with E-state index < -0.39 is 0 Å². The molecule has 0 atom stereocenters. The molecule has 0 bridgehead atoms. The Hall–Kier alpha value is -2.11. The molecule has 6 nitrogen and oxygen atoms in total. The van der Waals surface area contributed by atoms with Gasteiger partial charge in [0.15, 0.2) is 18.1 Å². The largest absolute Gasteiger partial charge is 0.493 e. The Morgan fingerprint density at radius 2 is 2.06 bits per heavy atom. The maximum Gasteiger partial charge on any atom is 0.266 e. The zero-order valence-electron chi connectivity index (χ0n) is 18.1. The molecule has 1 aliphatic rings. The predicted octanol–water partition coefficient (Wildman–Crippen LogP) is 5.24. The van der Waals surface area contributed by atoms with E-state index in [9.17, 15) is 9.59 Å². The van der Waals surface area contributed by atoms with E-state index in [-0.39, 0.29) is 24.5 Å². The van der Waals surface area contributed by atoms with Gasteiger partial charge in [-0.3, -0.25) is 14.5 Å². The summed E-state index contributed by atoms with van der Waals surface area (Å²) in [5, 5.41) is 2.82. The van der Waals surface area contributed by atoms with Gasteiger partial charge in [-0.25, -0.2) is 0 Å². The fourth-order valence-corrected chi connectivity index (χ4v) is 5.40. The molecule has 9 heteroatoms. The quantitative estimate of drug-likeness (QED) is 0.274. The van der Waals surface area contributed by atoms with Crippen molar-refractivity contribution < 1.29 is 19.1 Å². The summed E-state index contributed by atoms with van der Waals surface area (Å²) in [6, 6.07) is 11.2. The Morgan fingerprint density at radius 1 is 1.31 bits per heavy atom. The molecule has 0 aliphatic carbocycles. The number of hydrogen-bond acceptors (Lipinski definition) is 6. The van der Waals surface area contributed by atoms with Crippen molar-refractivity contribution in [3.63, 3.8) is 0 Å². The van der Waals surface area contributed by atoms with Crippen molar-refractivity contribution in [1.29, 1.82) is 0 Å². The van der Waals surface area contributed by atoms with Crippen LogP contribution in [0.25, 0.3) is 6.08 Å². The molecule has 32 heavy (non-hydrogen) atoms. The third kappa shape index (κ3) is 5.81. The van der Waals surface area contributed by atoms with Crippen LogP contribution < -0.4 is 14.8 Å². The smallest absolute Gasteiger partial charge is 0.266 e. The van der Waals surface area contributed by atoms with Gasteiger partial charge < -0.3 is 14.8 Å². The van der Waals surface area contributed by atoms with Gasteiger partial charge in [0.1, 0.15) is 4.32 Å². The molecule has 2 aromatic rings. The number of nitrogens with one attached hydrogen (secondary N) is 1. The molecular formula is C23H23IN2O4S2. The number of amides is 2. The second-order valence-electron chi connectivity index (χ2n) is 7.39. The fraction of sp³-hybridized carbons (Fsp3) is 0.261. The lowest BCUT2D eigenvalue weighted by Gasteiger charge is -2.18. The van der Waals surface area contributed by atoms with E-state index in [1.165, 1.54) is 18.9 Å². The maximum absolute atomic E-state index is 12.7. The number of nitrogens with zero attached hydrogens (tertiary/aromatic N) is 1. The Morgan fingerprint density at radius 3 is 2.69 bits per heavy atom. The second kappa shape index (κ2) is 10.7. The van der Waals surface area contributed by atoms with Gasteiger partial charge in [-0.05, 0) is 84.8 Å². The minimum absolute atomic E-state index is 0.00444. The minimum Gasteiger partial charge on any atom is -0.493 e. The van der Waals surface area contributed by atoms with Gasteiger partial charge in [-0.15, -0.1) is 0 Å². The average molecular weight is 582 g/mol. The molecule has 0 aromatic heterocycles. The van der Waals surface area contributed by atoms with Crippen molar-refractivity contribution in [2.75, 3.05) is 19.0 Å². The molecular weight excluding hydrogens is 559 g/mol. The molecule has 0 unspecified atom stereocenters. The summed E-state index contributed by atoms with van der Waals surface area (Å²) in [4.78, 5) is 27.1. The van der Waals surface area contributed by atoms with Crippen LogP contribution in [0.4, 0.5) is 5.69 Å². The van der Waals surface area contributed by atoms with E-state index in [4.69, 9.17) is 21.7 Å². The predicted molar refractivity (Wildman–Crippen MR) is 141 cm³/mol. The van der Waals surface area contributed by atoms with Gasteiger partial charge in [0.25, 0.3) is 11.8 Å². The third-order valence-electron chi connectivity index (χ3n) is 4.54. The number of aryl methyl sites for hydroxylation is 1. The highest BCUT2D eigenvalue weighted by atomic mass is 127. The lowest BCUT2D eigenvalue weighted by Crippen LogP contribution is -2.34. The first-order valence-corrected chi connectivity index (χ1v) is 12.1. The molecule has 0 radical (unpaired) electrons. The summed E-state index contributed by atoms with van der Waals surface area (Å²) >= 11 is 8.75. The number of anilines is 1. The first-order chi connectivity index (χ1) is 15.2.